The summed E-state index contributed by atoms with van der Waals surface area (Å²) in [5, 5.41) is 3.49. The van der Waals surface area contributed by atoms with Crippen LogP contribution in [-0.2, 0) is 20.0 Å². The van der Waals surface area contributed by atoms with Crippen molar-refractivity contribution in [2.75, 3.05) is 44.2 Å². The van der Waals surface area contributed by atoms with Crippen molar-refractivity contribution in [3.63, 3.8) is 0 Å². The van der Waals surface area contributed by atoms with E-state index in [0.717, 1.165) is 57.3 Å². The molecule has 1 aromatic heterocycles. The molecule has 0 unspecified atom stereocenters. The van der Waals surface area contributed by atoms with Crippen LogP contribution in [0.2, 0.25) is 5.02 Å². The highest BCUT2D eigenvalue weighted by Crippen LogP contribution is 2.44. The first-order chi connectivity index (χ1) is 22.6. The van der Waals surface area contributed by atoms with Crippen molar-refractivity contribution in [1.82, 2.24) is 14.4 Å². The van der Waals surface area contributed by atoms with Gasteiger partial charge in [0.1, 0.15) is 0 Å². The van der Waals surface area contributed by atoms with Gasteiger partial charge < -0.3 is 9.47 Å². The summed E-state index contributed by atoms with van der Waals surface area (Å²) in [6.45, 7) is 7.16. The topological polar surface area (TPSA) is 14.7 Å². The summed E-state index contributed by atoms with van der Waals surface area (Å²) in [7, 11) is 2.19. The Hall–Kier alpha value is -4.09. The molecular formula is C41H41ClN4. The second-order valence-corrected chi connectivity index (χ2v) is 13.5. The van der Waals surface area contributed by atoms with Gasteiger partial charge in [-0.2, -0.15) is 0 Å². The molecule has 46 heavy (non-hydrogen) atoms. The third-order valence-corrected chi connectivity index (χ3v) is 10.6. The molecule has 2 aliphatic rings. The van der Waals surface area contributed by atoms with Crippen LogP contribution in [0.1, 0.15) is 34.2 Å². The maximum absolute atomic E-state index is 6.35. The third kappa shape index (κ3) is 5.60. The van der Waals surface area contributed by atoms with E-state index < -0.39 is 0 Å². The minimum Gasteiger partial charge on any atom is -0.369 e. The highest BCUT2D eigenvalue weighted by atomic mass is 35.5. The zero-order chi connectivity index (χ0) is 31.0. The molecule has 2 aliphatic heterocycles. The third-order valence-electron chi connectivity index (χ3n) is 10.4. The Labute approximate surface area is 277 Å². The largest absolute Gasteiger partial charge is 0.369 e. The van der Waals surface area contributed by atoms with E-state index in [4.69, 9.17) is 11.6 Å². The van der Waals surface area contributed by atoms with E-state index in [9.17, 15) is 0 Å². The number of fused-ring (bicyclic) bond motifs is 4. The number of anilines is 1. The molecule has 5 aromatic carbocycles. The number of hydrogen-bond donors (Lipinski definition) is 0. The van der Waals surface area contributed by atoms with Gasteiger partial charge in [-0.15, -0.1) is 0 Å². The molecule has 5 heteroatoms. The number of nitrogens with zero attached hydrogens (tertiary/aromatic N) is 4. The van der Waals surface area contributed by atoms with Crippen molar-refractivity contribution in [1.29, 1.82) is 0 Å². The number of halogens is 1. The van der Waals surface area contributed by atoms with Crippen LogP contribution in [0.4, 0.5) is 5.69 Å². The molecule has 3 heterocycles. The Bertz CT molecular complexity index is 1970. The predicted molar refractivity (Wildman–Crippen MR) is 193 cm³/mol. The molecule has 1 saturated heterocycles. The summed E-state index contributed by atoms with van der Waals surface area (Å²) < 4.78 is 2.34. The number of para-hydroxylation sites is 1. The van der Waals surface area contributed by atoms with Gasteiger partial charge in [-0.05, 0) is 65.1 Å². The van der Waals surface area contributed by atoms with Crippen LogP contribution in [0.25, 0.3) is 21.8 Å². The monoisotopic (exact) mass is 624 g/mol. The second kappa shape index (κ2) is 12.6. The normalized spacial score (nSPS) is 19.1. The lowest BCUT2D eigenvalue weighted by molar-refractivity contribution is 0.118. The molecule has 0 spiro atoms. The lowest BCUT2D eigenvalue weighted by Gasteiger charge is -2.46. The van der Waals surface area contributed by atoms with Crippen LogP contribution in [0.5, 0.6) is 0 Å². The van der Waals surface area contributed by atoms with E-state index in [1.54, 1.807) is 0 Å². The summed E-state index contributed by atoms with van der Waals surface area (Å²) in [6.07, 6.45) is 1.04. The van der Waals surface area contributed by atoms with Crippen LogP contribution in [0.3, 0.4) is 0 Å². The molecule has 6 aromatic rings. The van der Waals surface area contributed by atoms with Crippen molar-refractivity contribution in [3.8, 4) is 0 Å². The molecule has 0 N–H and O–H groups in total. The van der Waals surface area contributed by atoms with Crippen LogP contribution in [0.15, 0.2) is 121 Å². The lowest BCUT2D eigenvalue weighted by atomic mass is 9.79. The fraction of sp³-hybridized carbons (Fsp3) is 0.268. The number of piperazine rings is 1. The van der Waals surface area contributed by atoms with Gasteiger partial charge in [0, 0.05) is 97.3 Å². The highest BCUT2D eigenvalue weighted by Gasteiger charge is 2.37. The zero-order valence-electron chi connectivity index (χ0n) is 26.5. The number of rotatable bonds is 7. The maximum Gasteiger partial charge on any atom is 0.0488 e. The van der Waals surface area contributed by atoms with Gasteiger partial charge in [-0.3, -0.25) is 9.80 Å². The van der Waals surface area contributed by atoms with Crippen molar-refractivity contribution in [2.45, 2.75) is 24.9 Å². The molecule has 1 fully saturated rings. The van der Waals surface area contributed by atoms with E-state index >= 15 is 0 Å². The molecular weight excluding hydrogens is 584 g/mol. The quantitative estimate of drug-likeness (QED) is 0.177. The summed E-state index contributed by atoms with van der Waals surface area (Å²) in [5.41, 5.74) is 9.62. The Balaban J connectivity index is 1.16. The molecule has 0 saturated carbocycles. The van der Waals surface area contributed by atoms with E-state index in [1.807, 2.05) is 6.07 Å². The van der Waals surface area contributed by atoms with E-state index in [0.29, 0.717) is 5.92 Å². The zero-order valence-corrected chi connectivity index (χ0v) is 27.3. The van der Waals surface area contributed by atoms with Gasteiger partial charge >= 0.3 is 0 Å². The molecule has 8 rings (SSSR count). The number of aryl methyl sites for hydroxylation is 1. The average Bonchev–Trinajstić information content (AvgIpc) is 3.39. The predicted octanol–water partition coefficient (Wildman–Crippen LogP) is 8.69. The Morgan fingerprint density at radius 1 is 0.696 bits per heavy atom. The first-order valence-corrected chi connectivity index (χ1v) is 17.1. The molecule has 232 valence electrons. The first-order valence-electron chi connectivity index (χ1n) is 16.7. The Morgan fingerprint density at radius 3 is 2.30 bits per heavy atom. The number of aromatic nitrogens is 1. The van der Waals surface area contributed by atoms with Gasteiger partial charge in [0.2, 0.25) is 0 Å². The number of hydrogen-bond acceptors (Lipinski definition) is 3. The van der Waals surface area contributed by atoms with Crippen LogP contribution in [-0.4, -0.2) is 53.6 Å². The SMILES string of the molecule is Cn1c2ccccc2c2cc([C@H]3[C@H](CN4CCN(c5cccc(Cl)c5)CC4)c4ccccc4CN3CCc3ccccc3)ccc21. The molecule has 0 bridgehead atoms. The molecule has 2 atom stereocenters. The van der Waals surface area contributed by atoms with Gasteiger partial charge in [-0.25, -0.2) is 0 Å². The average molecular weight is 625 g/mol. The standard InChI is InChI=1S/C41H41ClN4/c1-43-39-17-8-7-16-36(39)37-26-31(18-19-40(37)43)41-38(29-44-22-24-45(25-23-44)34-14-9-13-33(42)27-34)35-15-6-5-12-32(35)28-46(41)21-20-30-10-3-2-4-11-30/h2-19,26-27,38,41H,20-25,28-29H2,1H3/t38-,41+/m1/s1. The summed E-state index contributed by atoms with van der Waals surface area (Å²) in [5.74, 6) is 0.367. The fourth-order valence-electron chi connectivity index (χ4n) is 8.07. The van der Waals surface area contributed by atoms with E-state index in [1.165, 1.54) is 49.7 Å². The first kappa shape index (κ1) is 29.3. The van der Waals surface area contributed by atoms with Crippen molar-refractivity contribution >= 4 is 39.1 Å². The fourth-order valence-corrected chi connectivity index (χ4v) is 8.25. The maximum atomic E-state index is 6.35. The van der Waals surface area contributed by atoms with Crippen molar-refractivity contribution in [3.05, 3.63) is 149 Å². The summed E-state index contributed by atoms with van der Waals surface area (Å²) in [4.78, 5) is 7.95. The van der Waals surface area contributed by atoms with Gasteiger partial charge in [0.15, 0.2) is 0 Å². The van der Waals surface area contributed by atoms with Crippen molar-refractivity contribution < 1.29 is 0 Å². The highest BCUT2D eigenvalue weighted by molar-refractivity contribution is 6.30. The molecule has 4 nitrogen and oxygen atoms in total. The van der Waals surface area contributed by atoms with Crippen LogP contribution in [0, 0.1) is 0 Å². The lowest BCUT2D eigenvalue weighted by Crippen LogP contribution is -2.49. The Morgan fingerprint density at radius 2 is 1.46 bits per heavy atom. The smallest absolute Gasteiger partial charge is 0.0488 e. The van der Waals surface area contributed by atoms with Gasteiger partial charge in [0.25, 0.3) is 0 Å². The van der Waals surface area contributed by atoms with Crippen molar-refractivity contribution in [2.24, 2.45) is 7.05 Å². The van der Waals surface area contributed by atoms with Gasteiger partial charge in [0.05, 0.1) is 0 Å². The van der Waals surface area contributed by atoms with Crippen LogP contribution >= 0.6 is 11.6 Å². The summed E-state index contributed by atoms with van der Waals surface area (Å²) >= 11 is 6.35. The van der Waals surface area contributed by atoms with E-state index in [2.05, 4.69) is 142 Å². The molecule has 0 amide bonds. The van der Waals surface area contributed by atoms with Crippen LogP contribution < -0.4 is 4.90 Å². The molecule has 0 radical (unpaired) electrons. The number of benzene rings is 5. The Kier molecular flexibility index (Phi) is 8.03. The second-order valence-electron chi connectivity index (χ2n) is 13.1. The van der Waals surface area contributed by atoms with Gasteiger partial charge in [-0.1, -0.05) is 96.5 Å². The minimum absolute atomic E-state index is 0.285. The summed E-state index contributed by atoms with van der Waals surface area (Å²) in [6, 6.07) is 44.9. The van der Waals surface area contributed by atoms with E-state index in [-0.39, 0.29) is 6.04 Å². The molecule has 0 aliphatic carbocycles. The minimum atomic E-state index is 0.285.